The molecular weight excluding hydrogens is 228 g/mol. The van der Waals surface area contributed by atoms with Crippen molar-refractivity contribution in [3.05, 3.63) is 36.0 Å². The van der Waals surface area contributed by atoms with Crippen molar-refractivity contribution in [2.75, 3.05) is 0 Å². The number of imidazole rings is 1. The van der Waals surface area contributed by atoms with Crippen molar-refractivity contribution >= 4 is 17.7 Å². The first-order valence-corrected chi connectivity index (χ1v) is 5.50. The Balaban J connectivity index is 1.95. The molecule has 4 N–H and O–H groups in total. The molecule has 2 aromatic rings. The number of nitrogens with two attached hydrogens (primary N) is 1. The van der Waals surface area contributed by atoms with Crippen LogP contribution in [0.4, 0.5) is 0 Å². The van der Waals surface area contributed by atoms with E-state index in [0.29, 0.717) is 11.5 Å². The Morgan fingerprint density at radius 3 is 3.19 bits per heavy atom. The normalized spacial score (nSPS) is 10.3. The van der Waals surface area contributed by atoms with Gasteiger partial charge in [0.05, 0.1) is 5.75 Å². The van der Waals surface area contributed by atoms with E-state index < -0.39 is 5.91 Å². The molecule has 0 radical (unpaired) electrons. The lowest BCUT2D eigenvalue weighted by atomic mass is 10.4. The van der Waals surface area contributed by atoms with E-state index in [-0.39, 0.29) is 5.76 Å². The van der Waals surface area contributed by atoms with Crippen LogP contribution in [0.2, 0.25) is 0 Å². The third-order valence-corrected chi connectivity index (χ3v) is 2.77. The summed E-state index contributed by atoms with van der Waals surface area (Å²) in [6.45, 7) is 0. The Hall–Kier alpha value is -1.73. The number of hydrazine groups is 1. The molecule has 0 aromatic carbocycles. The Labute approximate surface area is 95.6 Å². The van der Waals surface area contributed by atoms with Crippen LogP contribution in [0.5, 0.6) is 0 Å². The van der Waals surface area contributed by atoms with E-state index in [0.717, 1.165) is 5.16 Å². The van der Waals surface area contributed by atoms with E-state index in [4.69, 9.17) is 10.3 Å². The number of nitrogens with zero attached hydrogens (tertiary/aromatic N) is 1. The number of hydrogen-bond donors (Lipinski definition) is 3. The molecule has 0 aliphatic rings. The molecule has 0 unspecified atom stereocenters. The van der Waals surface area contributed by atoms with Crippen molar-refractivity contribution in [2.24, 2.45) is 5.84 Å². The zero-order valence-corrected chi connectivity index (χ0v) is 9.08. The van der Waals surface area contributed by atoms with Gasteiger partial charge in [-0.3, -0.25) is 10.2 Å². The first kappa shape index (κ1) is 10.8. The van der Waals surface area contributed by atoms with Crippen molar-refractivity contribution in [1.29, 1.82) is 0 Å². The largest absolute Gasteiger partial charge is 0.455 e. The number of furan rings is 1. The lowest BCUT2D eigenvalue weighted by Crippen LogP contribution is -2.29. The average molecular weight is 238 g/mol. The highest BCUT2D eigenvalue weighted by atomic mass is 32.2. The van der Waals surface area contributed by atoms with Crippen LogP contribution in [-0.4, -0.2) is 15.9 Å². The number of aromatic amines is 1. The summed E-state index contributed by atoms with van der Waals surface area (Å²) in [5.41, 5.74) is 2.01. The van der Waals surface area contributed by atoms with Gasteiger partial charge < -0.3 is 9.40 Å². The van der Waals surface area contributed by atoms with Crippen molar-refractivity contribution in [2.45, 2.75) is 10.9 Å². The second-order valence-corrected chi connectivity index (χ2v) is 3.89. The van der Waals surface area contributed by atoms with Gasteiger partial charge in [0.25, 0.3) is 0 Å². The van der Waals surface area contributed by atoms with Crippen molar-refractivity contribution in [3.8, 4) is 0 Å². The number of carbonyl (C=O) groups excluding carboxylic acids is 1. The van der Waals surface area contributed by atoms with Gasteiger partial charge in [0.2, 0.25) is 0 Å². The highest BCUT2D eigenvalue weighted by Crippen LogP contribution is 2.20. The van der Waals surface area contributed by atoms with Gasteiger partial charge >= 0.3 is 5.91 Å². The maximum absolute atomic E-state index is 11.1. The number of carbonyl (C=O) groups is 1. The molecule has 0 spiro atoms. The maximum Gasteiger partial charge on any atom is 0.300 e. The molecule has 0 saturated heterocycles. The number of hydrogen-bond acceptors (Lipinski definition) is 5. The maximum atomic E-state index is 11.1. The summed E-state index contributed by atoms with van der Waals surface area (Å²) in [6, 6.07) is 3.32. The van der Waals surface area contributed by atoms with Gasteiger partial charge in [0.15, 0.2) is 10.9 Å². The number of aromatic nitrogens is 2. The number of nitrogens with one attached hydrogen (secondary N) is 2. The Kier molecular flexibility index (Phi) is 3.28. The molecule has 1 amide bonds. The van der Waals surface area contributed by atoms with Crippen LogP contribution in [0, 0.1) is 0 Å². The molecule has 16 heavy (non-hydrogen) atoms. The molecule has 0 saturated carbocycles. The van der Waals surface area contributed by atoms with Crippen molar-refractivity contribution < 1.29 is 9.21 Å². The van der Waals surface area contributed by atoms with Gasteiger partial charge in [-0.05, 0) is 12.1 Å². The van der Waals surface area contributed by atoms with Crippen molar-refractivity contribution in [3.63, 3.8) is 0 Å². The zero-order valence-electron chi connectivity index (χ0n) is 8.27. The molecule has 0 aliphatic carbocycles. The quantitative estimate of drug-likeness (QED) is 0.318. The van der Waals surface area contributed by atoms with Crippen LogP contribution in [0.25, 0.3) is 0 Å². The predicted molar refractivity (Wildman–Crippen MR) is 58.5 cm³/mol. The molecule has 0 fully saturated rings. The van der Waals surface area contributed by atoms with E-state index in [9.17, 15) is 4.79 Å². The smallest absolute Gasteiger partial charge is 0.300 e. The molecule has 84 valence electrons. The number of rotatable bonds is 4. The summed E-state index contributed by atoms with van der Waals surface area (Å²) in [5.74, 6) is 6.05. The van der Waals surface area contributed by atoms with Gasteiger partial charge in [0.1, 0.15) is 5.76 Å². The van der Waals surface area contributed by atoms with Gasteiger partial charge in [0, 0.05) is 12.4 Å². The standard InChI is InChI=1S/C9H10N4O2S/c10-13-8(14)7-2-1-6(15-7)5-16-9-11-3-4-12-9/h1-4H,5,10H2,(H,11,12)(H,13,14). The van der Waals surface area contributed by atoms with Gasteiger partial charge in [-0.1, -0.05) is 11.8 Å². The van der Waals surface area contributed by atoms with E-state index in [1.165, 1.54) is 11.8 Å². The number of amides is 1. The summed E-state index contributed by atoms with van der Waals surface area (Å²) in [6.07, 6.45) is 3.43. The van der Waals surface area contributed by atoms with E-state index in [1.807, 2.05) is 5.43 Å². The lowest BCUT2D eigenvalue weighted by molar-refractivity contribution is 0.0924. The Morgan fingerprint density at radius 2 is 2.50 bits per heavy atom. The van der Waals surface area contributed by atoms with Crippen LogP contribution in [-0.2, 0) is 5.75 Å². The molecule has 2 aromatic heterocycles. The van der Waals surface area contributed by atoms with E-state index in [1.54, 1.807) is 24.5 Å². The second kappa shape index (κ2) is 4.86. The van der Waals surface area contributed by atoms with Crippen molar-refractivity contribution in [1.82, 2.24) is 15.4 Å². The molecule has 0 aliphatic heterocycles. The van der Waals surface area contributed by atoms with Crippen LogP contribution in [0.3, 0.4) is 0 Å². The molecule has 7 heteroatoms. The van der Waals surface area contributed by atoms with Crippen LogP contribution >= 0.6 is 11.8 Å². The molecule has 2 heterocycles. The van der Waals surface area contributed by atoms with E-state index in [2.05, 4.69) is 9.97 Å². The lowest BCUT2D eigenvalue weighted by Gasteiger charge is -1.95. The minimum Gasteiger partial charge on any atom is -0.455 e. The molecule has 0 bridgehead atoms. The second-order valence-electron chi connectivity index (χ2n) is 2.92. The number of thioether (sulfide) groups is 1. The first-order valence-electron chi connectivity index (χ1n) is 4.51. The fourth-order valence-corrected chi connectivity index (χ4v) is 1.84. The number of nitrogen functional groups attached to an aromatic ring is 1. The van der Waals surface area contributed by atoms with Gasteiger partial charge in [-0.15, -0.1) is 0 Å². The molecular formula is C9H10N4O2S. The topological polar surface area (TPSA) is 96.9 Å². The zero-order chi connectivity index (χ0) is 11.4. The fourth-order valence-electron chi connectivity index (χ4n) is 1.12. The summed E-state index contributed by atoms with van der Waals surface area (Å²) in [4.78, 5) is 18.1. The predicted octanol–water partition coefficient (Wildman–Crippen LogP) is 0.898. The molecule has 2 rings (SSSR count). The minimum absolute atomic E-state index is 0.206. The first-order chi connectivity index (χ1) is 7.79. The monoisotopic (exact) mass is 238 g/mol. The highest BCUT2D eigenvalue weighted by molar-refractivity contribution is 7.98. The van der Waals surface area contributed by atoms with E-state index >= 15 is 0 Å². The Morgan fingerprint density at radius 1 is 1.62 bits per heavy atom. The summed E-state index contributed by atoms with van der Waals surface area (Å²) >= 11 is 1.49. The fraction of sp³-hybridized carbons (Fsp3) is 0.111. The summed E-state index contributed by atoms with van der Waals surface area (Å²) in [7, 11) is 0. The minimum atomic E-state index is -0.436. The molecule has 0 atom stereocenters. The van der Waals surface area contributed by atoms with Gasteiger partial charge in [-0.2, -0.15) is 0 Å². The summed E-state index contributed by atoms with van der Waals surface area (Å²) in [5, 5.41) is 0.807. The van der Waals surface area contributed by atoms with Gasteiger partial charge in [-0.25, -0.2) is 10.8 Å². The Bertz CT molecular complexity index is 466. The van der Waals surface area contributed by atoms with Crippen LogP contribution in [0.15, 0.2) is 34.1 Å². The third kappa shape index (κ3) is 2.44. The summed E-state index contributed by atoms with van der Waals surface area (Å²) < 4.78 is 5.28. The van der Waals surface area contributed by atoms with Crippen LogP contribution < -0.4 is 11.3 Å². The third-order valence-electron chi connectivity index (χ3n) is 1.84. The average Bonchev–Trinajstić information content (AvgIpc) is 2.96. The highest BCUT2D eigenvalue weighted by Gasteiger charge is 2.09. The molecule has 6 nitrogen and oxygen atoms in total. The van der Waals surface area contributed by atoms with Crippen LogP contribution in [0.1, 0.15) is 16.3 Å². The SMILES string of the molecule is NNC(=O)c1ccc(CSc2ncc[nH]2)o1. The number of H-pyrrole nitrogens is 1.